The summed E-state index contributed by atoms with van der Waals surface area (Å²) in [4.78, 5) is 15.1. The maximum Gasteiger partial charge on any atom is 0.454 e. The van der Waals surface area contributed by atoms with Crippen LogP contribution in [0.4, 0.5) is 18.9 Å². The summed E-state index contributed by atoms with van der Waals surface area (Å²) in [7, 11) is 0. The Balaban J connectivity index is 2.36. The van der Waals surface area contributed by atoms with Gasteiger partial charge in [0.15, 0.2) is 0 Å². The van der Waals surface area contributed by atoms with Crippen LogP contribution in [0.2, 0.25) is 0 Å². The molecular weight excluding hydrogens is 293 g/mol. The van der Waals surface area contributed by atoms with Crippen molar-refractivity contribution in [1.82, 2.24) is 4.98 Å². The molecule has 0 saturated carbocycles. The molecule has 0 unspecified atom stereocenters. The van der Waals surface area contributed by atoms with Crippen molar-refractivity contribution < 1.29 is 18.0 Å². The van der Waals surface area contributed by atoms with Gasteiger partial charge in [-0.2, -0.15) is 13.2 Å². The molecule has 0 fully saturated rings. The number of benzene rings is 1. The number of anilines is 1. The summed E-state index contributed by atoms with van der Waals surface area (Å²) in [5.41, 5.74) is 2.03. The lowest BCUT2D eigenvalue weighted by Crippen LogP contribution is -2.21. The number of aryl methyl sites for hydroxylation is 1. The van der Waals surface area contributed by atoms with Crippen molar-refractivity contribution in [3.63, 3.8) is 0 Å². The molecule has 0 atom stereocenters. The highest BCUT2D eigenvalue weighted by molar-refractivity contribution is 6.02. The van der Waals surface area contributed by atoms with Crippen molar-refractivity contribution >= 4 is 17.2 Å². The lowest BCUT2D eigenvalue weighted by atomic mass is 10.1. The monoisotopic (exact) mass is 306 g/mol. The van der Waals surface area contributed by atoms with Crippen molar-refractivity contribution in [2.45, 2.75) is 13.1 Å². The van der Waals surface area contributed by atoms with Crippen LogP contribution in [0.5, 0.6) is 0 Å². The van der Waals surface area contributed by atoms with Crippen molar-refractivity contribution in [3.05, 3.63) is 66.0 Å². The second kappa shape index (κ2) is 6.43. The molecule has 3 nitrogen and oxygen atoms in total. The number of pyridine rings is 1. The number of alkyl halides is 3. The predicted molar refractivity (Wildman–Crippen MR) is 78.1 cm³/mol. The number of rotatable bonds is 4. The molecule has 0 aliphatic carbocycles. The molecule has 1 aromatic carbocycles. The molecule has 22 heavy (non-hydrogen) atoms. The van der Waals surface area contributed by atoms with Gasteiger partial charge in [-0.3, -0.25) is 9.78 Å². The van der Waals surface area contributed by atoms with Gasteiger partial charge in [-0.05, 0) is 31.2 Å². The second-order valence-corrected chi connectivity index (χ2v) is 4.65. The highest BCUT2D eigenvalue weighted by Gasteiger charge is 2.36. The number of nitrogens with one attached hydrogen (secondary N) is 1. The van der Waals surface area contributed by atoms with E-state index in [0.717, 1.165) is 5.56 Å². The zero-order chi connectivity index (χ0) is 16.2. The molecule has 6 heteroatoms. The van der Waals surface area contributed by atoms with Crippen LogP contribution in [0.1, 0.15) is 11.1 Å². The number of allylic oxidation sites excluding steroid dienone is 1. The van der Waals surface area contributed by atoms with Crippen molar-refractivity contribution in [3.8, 4) is 0 Å². The Labute approximate surface area is 125 Å². The highest BCUT2D eigenvalue weighted by atomic mass is 19.4. The van der Waals surface area contributed by atoms with E-state index in [1.165, 1.54) is 12.4 Å². The van der Waals surface area contributed by atoms with Crippen molar-refractivity contribution in [2.75, 3.05) is 5.32 Å². The highest BCUT2D eigenvalue weighted by Crippen LogP contribution is 2.22. The topological polar surface area (TPSA) is 42.0 Å². The van der Waals surface area contributed by atoms with E-state index in [0.29, 0.717) is 17.3 Å². The van der Waals surface area contributed by atoms with E-state index in [9.17, 15) is 18.0 Å². The lowest BCUT2D eigenvalue weighted by molar-refractivity contribution is -0.165. The summed E-state index contributed by atoms with van der Waals surface area (Å²) in [6.07, 6.45) is -1.49. The van der Waals surface area contributed by atoms with Gasteiger partial charge in [0.25, 0.3) is 5.78 Å². The smallest absolute Gasteiger partial charge is 0.355 e. The van der Waals surface area contributed by atoms with Gasteiger partial charge in [0.05, 0.1) is 5.70 Å². The van der Waals surface area contributed by atoms with E-state index in [4.69, 9.17) is 0 Å². The first-order chi connectivity index (χ1) is 10.4. The Morgan fingerprint density at radius 2 is 1.86 bits per heavy atom. The molecule has 1 N–H and O–H groups in total. The predicted octanol–water partition coefficient (Wildman–Crippen LogP) is 3.97. The number of carbonyl (C=O) groups excluding carboxylic acids is 1. The van der Waals surface area contributed by atoms with Crippen LogP contribution in [-0.2, 0) is 4.79 Å². The molecule has 114 valence electrons. The van der Waals surface area contributed by atoms with Gasteiger partial charge >= 0.3 is 6.18 Å². The SMILES string of the molecule is Cc1ccc(N/C(=C\C(=O)C(F)(F)F)c2cccnc2)cc1. The van der Waals surface area contributed by atoms with Crippen molar-refractivity contribution in [1.29, 1.82) is 0 Å². The molecule has 0 amide bonds. The fourth-order valence-corrected chi connectivity index (χ4v) is 1.72. The normalized spacial score (nSPS) is 12.1. The summed E-state index contributed by atoms with van der Waals surface area (Å²) in [6.45, 7) is 1.90. The average Bonchev–Trinajstić information content (AvgIpc) is 2.48. The Hall–Kier alpha value is -2.63. The van der Waals surface area contributed by atoms with Crippen LogP contribution in [0, 0.1) is 6.92 Å². The first kappa shape index (κ1) is 15.8. The summed E-state index contributed by atoms with van der Waals surface area (Å²) >= 11 is 0. The van der Waals surface area contributed by atoms with Crippen LogP contribution in [0.25, 0.3) is 5.70 Å². The molecule has 0 spiro atoms. The first-order valence-corrected chi connectivity index (χ1v) is 6.43. The number of carbonyl (C=O) groups is 1. The van der Waals surface area contributed by atoms with Gasteiger partial charge in [0.1, 0.15) is 0 Å². The van der Waals surface area contributed by atoms with Crippen LogP contribution >= 0.6 is 0 Å². The molecular formula is C16H13F3N2O. The Morgan fingerprint density at radius 1 is 1.18 bits per heavy atom. The summed E-state index contributed by atoms with van der Waals surface area (Å²) < 4.78 is 37.4. The standard InChI is InChI=1S/C16H13F3N2O/c1-11-4-6-13(7-5-11)21-14(9-15(22)16(17,18)19)12-3-2-8-20-10-12/h2-10,21H,1H3/b14-9-. The molecule has 1 aromatic heterocycles. The van der Waals surface area contributed by atoms with E-state index in [-0.39, 0.29) is 5.70 Å². The zero-order valence-electron chi connectivity index (χ0n) is 11.7. The van der Waals surface area contributed by atoms with Gasteiger partial charge in [-0.15, -0.1) is 0 Å². The van der Waals surface area contributed by atoms with E-state index >= 15 is 0 Å². The van der Waals surface area contributed by atoms with Gasteiger partial charge < -0.3 is 5.32 Å². The quantitative estimate of drug-likeness (QED) is 0.869. The minimum Gasteiger partial charge on any atom is -0.355 e. The molecule has 2 rings (SSSR count). The molecule has 0 radical (unpaired) electrons. The number of nitrogens with zero attached hydrogens (tertiary/aromatic N) is 1. The number of aromatic nitrogens is 1. The van der Waals surface area contributed by atoms with E-state index in [1.54, 1.807) is 24.3 Å². The molecule has 0 saturated heterocycles. The fraction of sp³-hybridized carbons (Fsp3) is 0.125. The third kappa shape index (κ3) is 4.18. The van der Waals surface area contributed by atoms with Crippen LogP contribution < -0.4 is 5.32 Å². The summed E-state index contributed by atoms with van der Waals surface area (Å²) in [6, 6.07) is 10.2. The number of ketones is 1. The number of halogens is 3. The molecule has 0 aliphatic heterocycles. The fourth-order valence-electron chi connectivity index (χ4n) is 1.72. The average molecular weight is 306 g/mol. The third-order valence-corrected chi connectivity index (χ3v) is 2.86. The molecule has 0 aliphatic rings. The third-order valence-electron chi connectivity index (χ3n) is 2.86. The molecule has 0 bridgehead atoms. The number of hydrogen-bond donors (Lipinski definition) is 1. The van der Waals surface area contributed by atoms with Crippen LogP contribution in [-0.4, -0.2) is 16.9 Å². The van der Waals surface area contributed by atoms with Gasteiger partial charge in [0, 0.05) is 29.7 Å². The maximum atomic E-state index is 12.5. The molecule has 2 aromatic rings. The van der Waals surface area contributed by atoms with E-state index in [1.807, 2.05) is 19.1 Å². The summed E-state index contributed by atoms with van der Waals surface area (Å²) in [5, 5.41) is 2.83. The lowest BCUT2D eigenvalue weighted by Gasteiger charge is -2.12. The minimum atomic E-state index is -4.91. The first-order valence-electron chi connectivity index (χ1n) is 6.43. The Kier molecular flexibility index (Phi) is 4.60. The maximum absolute atomic E-state index is 12.5. The second-order valence-electron chi connectivity index (χ2n) is 4.65. The minimum absolute atomic E-state index is 0.0410. The van der Waals surface area contributed by atoms with E-state index < -0.39 is 12.0 Å². The molecule has 1 heterocycles. The van der Waals surface area contributed by atoms with E-state index in [2.05, 4.69) is 10.3 Å². The largest absolute Gasteiger partial charge is 0.454 e. The van der Waals surface area contributed by atoms with Crippen LogP contribution in [0.15, 0.2) is 54.9 Å². The Bertz CT molecular complexity index is 677. The number of hydrogen-bond acceptors (Lipinski definition) is 3. The summed E-state index contributed by atoms with van der Waals surface area (Å²) in [5.74, 6) is -1.93. The van der Waals surface area contributed by atoms with Gasteiger partial charge in [0.2, 0.25) is 0 Å². The van der Waals surface area contributed by atoms with Crippen molar-refractivity contribution in [2.24, 2.45) is 0 Å². The van der Waals surface area contributed by atoms with Gasteiger partial charge in [-0.1, -0.05) is 17.7 Å². The zero-order valence-corrected chi connectivity index (χ0v) is 11.7. The van der Waals surface area contributed by atoms with Crippen LogP contribution in [0.3, 0.4) is 0 Å². The van der Waals surface area contributed by atoms with Gasteiger partial charge in [-0.25, -0.2) is 0 Å². The Morgan fingerprint density at radius 3 is 2.41 bits per heavy atom.